The number of para-hydroxylation sites is 1. The van der Waals surface area contributed by atoms with E-state index in [9.17, 15) is 14.4 Å². The smallest absolute Gasteiger partial charge is 0.255 e. The molecule has 6 nitrogen and oxygen atoms in total. The summed E-state index contributed by atoms with van der Waals surface area (Å²) in [4.78, 5) is 36.9. The van der Waals surface area contributed by atoms with E-state index in [4.69, 9.17) is 0 Å². The first-order valence-electron chi connectivity index (χ1n) is 6.47. The lowest BCUT2D eigenvalue weighted by Gasteiger charge is -2.27. The lowest BCUT2D eigenvalue weighted by molar-refractivity contribution is -0.132. The molecule has 0 radical (unpaired) electrons. The Morgan fingerprint density at radius 1 is 1.10 bits per heavy atom. The van der Waals surface area contributed by atoms with Crippen molar-refractivity contribution in [2.75, 3.05) is 5.32 Å². The molecule has 106 valence electrons. The van der Waals surface area contributed by atoms with Crippen molar-refractivity contribution in [3.63, 3.8) is 0 Å². The standard InChI is InChI=1S/C14H11N3O3S/c18-11-9-8(5-21)17-14(10(9)12(19)16-11)6-3-1-2-4-7(6)15-13(14)20/h1-5,9-10,17,21H,(H,15,20)(H,16,18,19). The van der Waals surface area contributed by atoms with E-state index >= 15 is 0 Å². The van der Waals surface area contributed by atoms with Crippen molar-refractivity contribution >= 4 is 36.0 Å². The van der Waals surface area contributed by atoms with Gasteiger partial charge in [0, 0.05) is 16.9 Å². The van der Waals surface area contributed by atoms with Gasteiger partial charge in [-0.15, -0.1) is 12.6 Å². The molecule has 4 rings (SSSR count). The minimum atomic E-state index is -1.24. The van der Waals surface area contributed by atoms with Crippen molar-refractivity contribution in [2.45, 2.75) is 5.54 Å². The summed E-state index contributed by atoms with van der Waals surface area (Å²) < 4.78 is 0. The number of benzene rings is 1. The fraction of sp³-hybridized carbons (Fsp3) is 0.214. The molecule has 3 aliphatic heterocycles. The van der Waals surface area contributed by atoms with Crippen LogP contribution in [0.3, 0.4) is 0 Å². The van der Waals surface area contributed by atoms with E-state index in [2.05, 4.69) is 28.6 Å². The molecule has 0 saturated carbocycles. The van der Waals surface area contributed by atoms with E-state index in [-0.39, 0.29) is 5.91 Å². The predicted molar refractivity (Wildman–Crippen MR) is 77.1 cm³/mol. The minimum absolute atomic E-state index is 0.325. The van der Waals surface area contributed by atoms with Crippen LogP contribution in [0, 0.1) is 11.8 Å². The van der Waals surface area contributed by atoms with Crippen LogP contribution in [0.4, 0.5) is 5.69 Å². The highest BCUT2D eigenvalue weighted by molar-refractivity contribution is 7.83. The van der Waals surface area contributed by atoms with Crippen molar-refractivity contribution in [2.24, 2.45) is 11.8 Å². The van der Waals surface area contributed by atoms with Crippen LogP contribution in [-0.4, -0.2) is 17.7 Å². The Balaban J connectivity index is 1.98. The lowest BCUT2D eigenvalue weighted by atomic mass is 9.77. The van der Waals surface area contributed by atoms with Crippen molar-refractivity contribution in [3.8, 4) is 0 Å². The summed E-state index contributed by atoms with van der Waals surface area (Å²) in [5.74, 6) is -2.66. The van der Waals surface area contributed by atoms with E-state index in [0.29, 0.717) is 16.9 Å². The van der Waals surface area contributed by atoms with Gasteiger partial charge in [-0.2, -0.15) is 0 Å². The third-order valence-electron chi connectivity index (χ3n) is 4.39. The number of rotatable bonds is 0. The van der Waals surface area contributed by atoms with E-state index in [0.717, 1.165) is 0 Å². The second-order valence-corrected chi connectivity index (χ2v) is 5.58. The normalized spacial score (nSPS) is 34.7. The van der Waals surface area contributed by atoms with E-state index < -0.39 is 29.2 Å². The van der Waals surface area contributed by atoms with Gasteiger partial charge in [0.1, 0.15) is 0 Å². The van der Waals surface area contributed by atoms with Gasteiger partial charge in [-0.1, -0.05) is 18.2 Å². The van der Waals surface area contributed by atoms with E-state index in [1.165, 1.54) is 5.41 Å². The summed E-state index contributed by atoms with van der Waals surface area (Å²) in [5.41, 5.74) is 0.575. The zero-order chi connectivity index (χ0) is 14.8. The molecule has 3 amide bonds. The molecule has 3 atom stereocenters. The molecule has 21 heavy (non-hydrogen) atoms. The van der Waals surface area contributed by atoms with Crippen LogP contribution in [0.5, 0.6) is 0 Å². The van der Waals surface area contributed by atoms with Crippen LogP contribution in [-0.2, 0) is 19.9 Å². The molecule has 0 bridgehead atoms. The Morgan fingerprint density at radius 2 is 1.86 bits per heavy atom. The number of thiol groups is 1. The molecule has 3 unspecified atom stereocenters. The number of hydrogen-bond acceptors (Lipinski definition) is 5. The summed E-state index contributed by atoms with van der Waals surface area (Å²) in [6, 6.07) is 7.17. The lowest BCUT2D eigenvalue weighted by Crippen LogP contribution is -2.50. The highest BCUT2D eigenvalue weighted by atomic mass is 32.1. The van der Waals surface area contributed by atoms with Gasteiger partial charge in [0.15, 0.2) is 5.54 Å². The second kappa shape index (κ2) is 3.88. The molecule has 3 heterocycles. The number of carbonyl (C=O) groups excluding carboxylic acids is 3. The summed E-state index contributed by atoms with van der Waals surface area (Å²) in [6.07, 6.45) is 0. The van der Waals surface area contributed by atoms with Crippen molar-refractivity contribution < 1.29 is 14.4 Å². The van der Waals surface area contributed by atoms with Crippen LogP contribution in [0.2, 0.25) is 0 Å². The molecule has 7 heteroatoms. The molecule has 3 aliphatic rings. The first-order valence-corrected chi connectivity index (χ1v) is 6.99. The zero-order valence-corrected chi connectivity index (χ0v) is 11.6. The average Bonchev–Trinajstić information content (AvgIpc) is 3.06. The molecular formula is C14H11N3O3S. The Morgan fingerprint density at radius 3 is 2.62 bits per heavy atom. The van der Waals surface area contributed by atoms with Gasteiger partial charge in [-0.25, -0.2) is 0 Å². The van der Waals surface area contributed by atoms with Crippen molar-refractivity contribution in [1.82, 2.24) is 10.6 Å². The van der Waals surface area contributed by atoms with Crippen molar-refractivity contribution in [3.05, 3.63) is 40.9 Å². The maximum absolute atomic E-state index is 12.6. The van der Waals surface area contributed by atoms with Gasteiger partial charge in [-0.3, -0.25) is 19.7 Å². The van der Waals surface area contributed by atoms with Gasteiger partial charge >= 0.3 is 0 Å². The Bertz CT molecular complexity index is 745. The molecule has 1 aromatic carbocycles. The zero-order valence-electron chi connectivity index (χ0n) is 10.7. The SMILES string of the molecule is O=C1NC(=O)C2C1C(=CS)NC21C(=O)Nc2ccccc21. The summed E-state index contributed by atoms with van der Waals surface area (Å²) >= 11 is 4.10. The number of fused-ring (bicyclic) bond motifs is 4. The number of hydrogen-bond donors (Lipinski definition) is 4. The summed E-state index contributed by atoms with van der Waals surface area (Å²) in [5, 5.41) is 9.61. The monoisotopic (exact) mass is 301 g/mol. The Labute approximate surface area is 125 Å². The topological polar surface area (TPSA) is 87.3 Å². The fourth-order valence-corrected chi connectivity index (χ4v) is 3.78. The second-order valence-electron chi connectivity index (χ2n) is 5.33. The van der Waals surface area contributed by atoms with Gasteiger partial charge in [0.25, 0.3) is 5.91 Å². The Hall–Kier alpha value is -2.28. The quantitative estimate of drug-likeness (QED) is 0.404. The average molecular weight is 301 g/mol. The molecule has 3 N–H and O–H groups in total. The minimum Gasteiger partial charge on any atom is -0.369 e. The largest absolute Gasteiger partial charge is 0.369 e. The maximum Gasteiger partial charge on any atom is 0.255 e. The number of carbonyl (C=O) groups is 3. The molecule has 0 aromatic heterocycles. The van der Waals surface area contributed by atoms with Gasteiger partial charge in [0.2, 0.25) is 11.8 Å². The van der Waals surface area contributed by atoms with Gasteiger partial charge in [-0.05, 0) is 11.5 Å². The van der Waals surface area contributed by atoms with Crippen LogP contribution < -0.4 is 16.0 Å². The number of imide groups is 1. The van der Waals surface area contributed by atoms with Gasteiger partial charge < -0.3 is 10.6 Å². The molecule has 1 aromatic rings. The van der Waals surface area contributed by atoms with Crippen LogP contribution >= 0.6 is 12.6 Å². The maximum atomic E-state index is 12.6. The van der Waals surface area contributed by atoms with Crippen LogP contribution in [0.25, 0.3) is 0 Å². The highest BCUT2D eigenvalue weighted by Gasteiger charge is 2.67. The van der Waals surface area contributed by atoms with Crippen LogP contribution in [0.15, 0.2) is 35.4 Å². The molecule has 2 fully saturated rings. The third-order valence-corrected chi connectivity index (χ3v) is 4.66. The third kappa shape index (κ3) is 1.31. The summed E-state index contributed by atoms with van der Waals surface area (Å²) in [7, 11) is 0. The highest BCUT2D eigenvalue weighted by Crippen LogP contribution is 2.52. The Kier molecular flexibility index (Phi) is 2.30. The molecule has 2 saturated heterocycles. The first kappa shape index (κ1) is 12.5. The van der Waals surface area contributed by atoms with Gasteiger partial charge in [0.05, 0.1) is 11.8 Å². The first-order chi connectivity index (χ1) is 10.1. The van der Waals surface area contributed by atoms with E-state index in [1.807, 2.05) is 0 Å². The predicted octanol–water partition coefficient (Wildman–Crippen LogP) is 0.0972. The van der Waals surface area contributed by atoms with Crippen molar-refractivity contribution in [1.29, 1.82) is 0 Å². The molecular weight excluding hydrogens is 290 g/mol. The summed E-state index contributed by atoms with van der Waals surface area (Å²) in [6.45, 7) is 0. The molecule has 1 spiro atoms. The fourth-order valence-electron chi connectivity index (χ4n) is 3.55. The number of amides is 3. The number of nitrogens with one attached hydrogen (secondary N) is 3. The molecule has 0 aliphatic carbocycles. The van der Waals surface area contributed by atoms with Crippen LogP contribution in [0.1, 0.15) is 5.56 Å². The van der Waals surface area contributed by atoms with E-state index in [1.54, 1.807) is 24.3 Å². The number of anilines is 1.